The molecule has 1 aromatic heterocycles. The third kappa shape index (κ3) is 4.67. The summed E-state index contributed by atoms with van der Waals surface area (Å²) in [6, 6.07) is 5.50. The van der Waals surface area contributed by atoms with E-state index >= 15 is 0 Å². The number of aromatic nitrogens is 4. The van der Waals surface area contributed by atoms with E-state index in [0.29, 0.717) is 11.7 Å². The van der Waals surface area contributed by atoms with Crippen molar-refractivity contribution in [1.82, 2.24) is 30.2 Å². The van der Waals surface area contributed by atoms with Crippen molar-refractivity contribution >= 4 is 10.0 Å². The van der Waals surface area contributed by atoms with Crippen LogP contribution in [-0.2, 0) is 16.4 Å². The molecule has 0 bridgehead atoms. The van der Waals surface area contributed by atoms with Gasteiger partial charge in [0.05, 0.1) is 10.9 Å². The Morgan fingerprint density at radius 2 is 2.00 bits per heavy atom. The van der Waals surface area contributed by atoms with Crippen molar-refractivity contribution in [2.24, 2.45) is 5.92 Å². The van der Waals surface area contributed by atoms with Crippen LogP contribution in [0, 0.1) is 5.92 Å². The van der Waals surface area contributed by atoms with Gasteiger partial charge in [-0.3, -0.25) is 0 Å². The molecule has 1 atom stereocenters. The highest BCUT2D eigenvalue weighted by Crippen LogP contribution is 2.31. The Labute approximate surface area is 172 Å². The van der Waals surface area contributed by atoms with Crippen LogP contribution in [0.25, 0.3) is 11.4 Å². The fourth-order valence-electron chi connectivity index (χ4n) is 4.45. The van der Waals surface area contributed by atoms with Crippen molar-refractivity contribution in [2.75, 3.05) is 20.1 Å². The Morgan fingerprint density at radius 1 is 1.17 bits per heavy atom. The molecule has 4 rings (SSSR count). The van der Waals surface area contributed by atoms with Crippen LogP contribution in [0.4, 0.5) is 0 Å². The second kappa shape index (κ2) is 8.89. The first-order valence-electron chi connectivity index (χ1n) is 10.6. The van der Waals surface area contributed by atoms with Gasteiger partial charge in [0.15, 0.2) is 0 Å². The Bertz CT molecular complexity index is 930. The van der Waals surface area contributed by atoms with Crippen LogP contribution in [0.15, 0.2) is 23.1 Å². The van der Waals surface area contributed by atoms with E-state index in [1.54, 1.807) is 16.9 Å². The number of nitrogens with one attached hydrogen (secondary N) is 2. The third-order valence-electron chi connectivity index (χ3n) is 6.16. The van der Waals surface area contributed by atoms with E-state index in [1.165, 1.54) is 39.2 Å². The molecule has 1 saturated carbocycles. The lowest BCUT2D eigenvalue weighted by Crippen LogP contribution is -2.32. The predicted octanol–water partition coefficient (Wildman–Crippen LogP) is 2.30. The summed E-state index contributed by atoms with van der Waals surface area (Å²) in [7, 11) is -2.11. The smallest absolute Gasteiger partial charge is 0.240 e. The van der Waals surface area contributed by atoms with E-state index in [1.807, 2.05) is 6.07 Å². The monoisotopic (exact) mass is 418 g/mol. The molecule has 2 N–H and O–H groups in total. The summed E-state index contributed by atoms with van der Waals surface area (Å²) < 4.78 is 27.1. The van der Waals surface area contributed by atoms with E-state index < -0.39 is 10.0 Å². The molecule has 2 aromatic rings. The van der Waals surface area contributed by atoms with Crippen LogP contribution in [0.3, 0.4) is 0 Å². The molecule has 2 fully saturated rings. The normalized spacial score (nSPS) is 21.3. The van der Waals surface area contributed by atoms with Gasteiger partial charge >= 0.3 is 0 Å². The first kappa shape index (κ1) is 20.4. The lowest BCUT2D eigenvalue weighted by Gasteiger charge is -2.22. The molecule has 2 heterocycles. The van der Waals surface area contributed by atoms with Crippen molar-refractivity contribution in [3.05, 3.63) is 23.8 Å². The van der Waals surface area contributed by atoms with Gasteiger partial charge in [-0.05, 0) is 61.7 Å². The summed E-state index contributed by atoms with van der Waals surface area (Å²) in [5.41, 5.74) is 1.88. The highest BCUT2D eigenvalue weighted by atomic mass is 32.2. The number of sulfonamides is 1. The minimum absolute atomic E-state index is 0.191. The zero-order chi connectivity index (χ0) is 20.3. The number of hydrogen-bond donors (Lipinski definition) is 2. The van der Waals surface area contributed by atoms with Gasteiger partial charge in [-0.1, -0.05) is 38.2 Å². The van der Waals surface area contributed by atoms with E-state index in [0.717, 1.165) is 43.5 Å². The van der Waals surface area contributed by atoms with Gasteiger partial charge in [-0.2, -0.15) is 4.80 Å². The second-order valence-electron chi connectivity index (χ2n) is 8.17. The van der Waals surface area contributed by atoms with Crippen LogP contribution >= 0.6 is 0 Å². The van der Waals surface area contributed by atoms with Gasteiger partial charge in [0.25, 0.3) is 0 Å². The first-order valence-corrected chi connectivity index (χ1v) is 12.1. The highest BCUT2D eigenvalue weighted by Gasteiger charge is 2.23. The van der Waals surface area contributed by atoms with Crippen LogP contribution in [0.5, 0.6) is 0 Å². The van der Waals surface area contributed by atoms with Gasteiger partial charge < -0.3 is 5.32 Å². The molecular formula is C20H30N6O2S. The molecule has 0 radical (unpaired) electrons. The molecule has 29 heavy (non-hydrogen) atoms. The van der Waals surface area contributed by atoms with Gasteiger partial charge in [-0.25, -0.2) is 13.1 Å². The SMILES string of the molecule is CNS(=O)(=O)c1ccc(CC2CCCCC2)c(-c2nnn(C3CCCNC3)n2)c1. The van der Waals surface area contributed by atoms with Crippen molar-refractivity contribution in [3.8, 4) is 11.4 Å². The summed E-state index contributed by atoms with van der Waals surface area (Å²) in [6.07, 6.45) is 9.34. The Kier molecular flexibility index (Phi) is 6.26. The maximum absolute atomic E-state index is 12.4. The van der Waals surface area contributed by atoms with Crippen LogP contribution in [-0.4, -0.2) is 48.8 Å². The number of piperidine rings is 1. The predicted molar refractivity (Wildman–Crippen MR) is 111 cm³/mol. The minimum atomic E-state index is -3.53. The summed E-state index contributed by atoms with van der Waals surface area (Å²) in [5.74, 6) is 1.14. The van der Waals surface area contributed by atoms with Crippen molar-refractivity contribution in [3.63, 3.8) is 0 Å². The summed E-state index contributed by atoms with van der Waals surface area (Å²) in [6.45, 7) is 1.85. The number of rotatable bonds is 6. The van der Waals surface area contributed by atoms with Crippen LogP contribution in [0.1, 0.15) is 56.6 Å². The number of hydrogen-bond acceptors (Lipinski definition) is 6. The van der Waals surface area contributed by atoms with E-state index in [4.69, 9.17) is 0 Å². The van der Waals surface area contributed by atoms with Crippen LogP contribution in [0.2, 0.25) is 0 Å². The average molecular weight is 419 g/mol. The molecule has 0 amide bonds. The standard InChI is InChI=1S/C20H30N6O2S/c1-21-29(27,28)18-10-9-16(12-15-6-3-2-4-7-15)19(13-18)20-23-25-26(24-20)17-8-5-11-22-14-17/h9-10,13,15,17,21-22H,2-8,11-12,14H2,1H3. The van der Waals surface area contributed by atoms with Crippen molar-refractivity contribution in [1.29, 1.82) is 0 Å². The average Bonchev–Trinajstić information content (AvgIpc) is 3.25. The maximum Gasteiger partial charge on any atom is 0.240 e. The first-order chi connectivity index (χ1) is 14.1. The summed E-state index contributed by atoms with van der Waals surface area (Å²) in [4.78, 5) is 1.92. The largest absolute Gasteiger partial charge is 0.315 e. The third-order valence-corrected chi connectivity index (χ3v) is 7.57. The maximum atomic E-state index is 12.4. The molecule has 1 unspecified atom stereocenters. The molecule has 1 aliphatic carbocycles. The topological polar surface area (TPSA) is 102 Å². The van der Waals surface area contributed by atoms with Gasteiger partial charge in [-0.15, -0.1) is 10.2 Å². The van der Waals surface area contributed by atoms with Crippen molar-refractivity contribution < 1.29 is 8.42 Å². The molecular weight excluding hydrogens is 388 g/mol. The summed E-state index contributed by atoms with van der Waals surface area (Å²) >= 11 is 0. The Balaban J connectivity index is 1.68. The van der Waals surface area contributed by atoms with Crippen LogP contribution < -0.4 is 10.0 Å². The zero-order valence-corrected chi connectivity index (χ0v) is 17.8. The summed E-state index contributed by atoms with van der Waals surface area (Å²) in [5, 5.41) is 16.6. The van der Waals surface area contributed by atoms with E-state index in [9.17, 15) is 8.42 Å². The molecule has 158 valence electrons. The van der Waals surface area contributed by atoms with Gasteiger partial charge in [0.1, 0.15) is 0 Å². The fourth-order valence-corrected chi connectivity index (χ4v) is 5.20. The molecule has 2 aliphatic rings. The van der Waals surface area contributed by atoms with Gasteiger partial charge in [0, 0.05) is 12.1 Å². The number of benzene rings is 1. The molecule has 1 saturated heterocycles. The second-order valence-corrected chi connectivity index (χ2v) is 10.1. The molecule has 8 nitrogen and oxygen atoms in total. The molecule has 1 aromatic carbocycles. The fraction of sp³-hybridized carbons (Fsp3) is 0.650. The number of tetrazole rings is 1. The molecule has 0 spiro atoms. The number of nitrogens with zero attached hydrogens (tertiary/aromatic N) is 4. The zero-order valence-electron chi connectivity index (χ0n) is 17.0. The quantitative estimate of drug-likeness (QED) is 0.746. The Hall–Kier alpha value is -1.84. The van der Waals surface area contributed by atoms with E-state index in [-0.39, 0.29) is 10.9 Å². The highest BCUT2D eigenvalue weighted by molar-refractivity contribution is 7.89. The minimum Gasteiger partial charge on any atom is -0.315 e. The molecule has 1 aliphatic heterocycles. The lowest BCUT2D eigenvalue weighted by molar-refractivity contribution is 0.313. The molecule has 9 heteroatoms. The Morgan fingerprint density at radius 3 is 2.72 bits per heavy atom. The van der Waals surface area contributed by atoms with Crippen molar-refractivity contribution in [2.45, 2.75) is 62.3 Å². The van der Waals surface area contributed by atoms with E-state index in [2.05, 4.69) is 25.4 Å². The van der Waals surface area contributed by atoms with Gasteiger partial charge in [0.2, 0.25) is 15.8 Å². The lowest BCUT2D eigenvalue weighted by atomic mass is 9.84.